The van der Waals surface area contributed by atoms with Crippen LogP contribution in [-0.4, -0.2) is 19.8 Å². The SMILES string of the molecule is CN(Cc1ccc(Br)o1)S(=O)(=O)c1c(Cl)cc(N)cc1Cl. The van der Waals surface area contributed by atoms with E-state index < -0.39 is 10.0 Å². The molecule has 0 aliphatic rings. The number of nitrogen functional groups attached to an aromatic ring is 1. The average Bonchev–Trinajstić information content (AvgIpc) is 2.72. The molecule has 0 radical (unpaired) electrons. The van der Waals surface area contributed by atoms with Crippen molar-refractivity contribution in [2.24, 2.45) is 0 Å². The molecular formula is C12H11BrCl2N2O3S. The number of hydrogen-bond acceptors (Lipinski definition) is 4. The molecule has 0 fully saturated rings. The summed E-state index contributed by atoms with van der Waals surface area (Å²) in [5, 5.41) is -0.0417. The minimum absolute atomic E-state index is 0.0209. The van der Waals surface area contributed by atoms with Gasteiger partial charge in [-0.05, 0) is 40.2 Å². The predicted octanol–water partition coefficient (Wildman–Crippen LogP) is 3.75. The van der Waals surface area contributed by atoms with Gasteiger partial charge in [-0.1, -0.05) is 23.2 Å². The van der Waals surface area contributed by atoms with Gasteiger partial charge in [-0.15, -0.1) is 0 Å². The molecule has 5 nitrogen and oxygen atoms in total. The van der Waals surface area contributed by atoms with Gasteiger partial charge in [0.2, 0.25) is 10.0 Å². The number of nitrogens with two attached hydrogens (primary N) is 1. The quantitative estimate of drug-likeness (QED) is 0.774. The van der Waals surface area contributed by atoms with Crippen molar-refractivity contribution >= 4 is 54.8 Å². The van der Waals surface area contributed by atoms with Gasteiger partial charge >= 0.3 is 0 Å². The molecule has 0 saturated carbocycles. The maximum absolute atomic E-state index is 12.6. The Kier molecular flexibility index (Phi) is 4.89. The maximum Gasteiger partial charge on any atom is 0.246 e. The number of hydrogen-bond donors (Lipinski definition) is 1. The van der Waals surface area contributed by atoms with Crippen molar-refractivity contribution in [2.75, 3.05) is 12.8 Å². The highest BCUT2D eigenvalue weighted by Crippen LogP contribution is 2.34. The van der Waals surface area contributed by atoms with Gasteiger partial charge in [0.05, 0.1) is 16.6 Å². The molecule has 0 spiro atoms. The zero-order valence-electron chi connectivity index (χ0n) is 10.8. The summed E-state index contributed by atoms with van der Waals surface area (Å²) in [6, 6.07) is 6.04. The van der Waals surface area contributed by atoms with Gasteiger partial charge in [-0.25, -0.2) is 8.42 Å². The van der Waals surface area contributed by atoms with Crippen LogP contribution in [0.5, 0.6) is 0 Å². The highest BCUT2D eigenvalue weighted by Gasteiger charge is 2.27. The fourth-order valence-electron chi connectivity index (χ4n) is 1.72. The Labute approximate surface area is 140 Å². The maximum atomic E-state index is 12.6. The first kappa shape index (κ1) is 16.6. The number of benzene rings is 1. The van der Waals surface area contributed by atoms with Gasteiger partial charge < -0.3 is 10.2 Å². The summed E-state index contributed by atoms with van der Waals surface area (Å²) in [5.41, 5.74) is 5.87. The number of furan rings is 1. The fourth-order valence-corrected chi connectivity index (χ4v) is 4.37. The van der Waals surface area contributed by atoms with Crippen molar-refractivity contribution in [1.82, 2.24) is 4.31 Å². The highest BCUT2D eigenvalue weighted by atomic mass is 79.9. The third kappa shape index (κ3) is 3.54. The fraction of sp³-hybridized carbons (Fsp3) is 0.167. The number of anilines is 1. The normalized spacial score (nSPS) is 12.0. The summed E-state index contributed by atoms with van der Waals surface area (Å²) < 4.78 is 32.0. The van der Waals surface area contributed by atoms with E-state index in [0.717, 1.165) is 4.31 Å². The Hall–Kier alpha value is -0.730. The van der Waals surface area contributed by atoms with Crippen LogP contribution in [0, 0.1) is 0 Å². The lowest BCUT2D eigenvalue weighted by molar-refractivity contribution is 0.398. The number of rotatable bonds is 4. The summed E-state index contributed by atoms with van der Waals surface area (Å²) in [6.45, 7) is 0.0466. The molecular weight excluding hydrogens is 403 g/mol. The van der Waals surface area contributed by atoms with E-state index in [1.807, 2.05) is 0 Å². The Balaban J connectivity index is 2.38. The van der Waals surface area contributed by atoms with Crippen molar-refractivity contribution in [3.63, 3.8) is 0 Å². The summed E-state index contributed by atoms with van der Waals surface area (Å²) in [6.07, 6.45) is 0. The zero-order chi connectivity index (χ0) is 15.8. The zero-order valence-corrected chi connectivity index (χ0v) is 14.7. The molecule has 9 heteroatoms. The van der Waals surface area contributed by atoms with E-state index in [9.17, 15) is 8.42 Å². The molecule has 1 heterocycles. The molecule has 2 N–H and O–H groups in total. The van der Waals surface area contributed by atoms with Crippen molar-refractivity contribution in [2.45, 2.75) is 11.4 Å². The lowest BCUT2D eigenvalue weighted by Gasteiger charge is -2.18. The van der Waals surface area contributed by atoms with Gasteiger partial charge in [-0.2, -0.15) is 4.31 Å². The highest BCUT2D eigenvalue weighted by molar-refractivity contribution is 9.10. The molecule has 0 atom stereocenters. The smallest absolute Gasteiger partial charge is 0.246 e. The number of halogens is 3. The lowest BCUT2D eigenvalue weighted by atomic mass is 10.3. The summed E-state index contributed by atoms with van der Waals surface area (Å²) in [4.78, 5) is -0.173. The first-order valence-corrected chi connectivity index (χ1v) is 8.66. The van der Waals surface area contributed by atoms with Crippen LogP contribution in [0.15, 0.2) is 38.2 Å². The van der Waals surface area contributed by atoms with Crippen molar-refractivity contribution < 1.29 is 12.8 Å². The molecule has 114 valence electrons. The molecule has 0 aliphatic heterocycles. The van der Waals surface area contributed by atoms with E-state index in [2.05, 4.69) is 15.9 Å². The van der Waals surface area contributed by atoms with E-state index >= 15 is 0 Å². The van der Waals surface area contributed by atoms with Crippen LogP contribution in [0.1, 0.15) is 5.76 Å². The van der Waals surface area contributed by atoms with Crippen LogP contribution < -0.4 is 5.73 Å². The third-order valence-corrected chi connectivity index (χ3v) is 5.85. The first-order chi connectivity index (χ1) is 9.71. The predicted molar refractivity (Wildman–Crippen MR) is 85.9 cm³/mol. The van der Waals surface area contributed by atoms with Crippen LogP contribution in [0.4, 0.5) is 5.69 Å². The topological polar surface area (TPSA) is 76.5 Å². The van der Waals surface area contributed by atoms with Crippen LogP contribution in [0.2, 0.25) is 10.0 Å². The molecule has 0 amide bonds. The summed E-state index contributed by atoms with van der Waals surface area (Å²) in [5.74, 6) is 0.482. The number of sulfonamides is 1. The van der Waals surface area contributed by atoms with Crippen LogP contribution >= 0.6 is 39.1 Å². The Morgan fingerprint density at radius 3 is 2.33 bits per heavy atom. The van der Waals surface area contributed by atoms with E-state index in [-0.39, 0.29) is 21.5 Å². The second kappa shape index (κ2) is 6.18. The van der Waals surface area contributed by atoms with E-state index in [1.54, 1.807) is 12.1 Å². The Morgan fingerprint density at radius 1 is 1.29 bits per heavy atom. The molecule has 21 heavy (non-hydrogen) atoms. The van der Waals surface area contributed by atoms with Crippen molar-refractivity contribution in [3.8, 4) is 0 Å². The van der Waals surface area contributed by atoms with Gasteiger partial charge in [0.25, 0.3) is 0 Å². The van der Waals surface area contributed by atoms with Crippen molar-refractivity contribution in [3.05, 3.63) is 44.7 Å². The van der Waals surface area contributed by atoms with Gasteiger partial charge in [0, 0.05) is 12.7 Å². The van der Waals surface area contributed by atoms with Gasteiger partial charge in [-0.3, -0.25) is 0 Å². The van der Waals surface area contributed by atoms with Crippen LogP contribution in [0.25, 0.3) is 0 Å². The monoisotopic (exact) mass is 412 g/mol. The number of nitrogens with zero attached hydrogens (tertiary/aromatic N) is 1. The molecule has 2 rings (SSSR count). The van der Waals surface area contributed by atoms with E-state index in [4.69, 9.17) is 33.4 Å². The molecule has 1 aromatic carbocycles. The largest absolute Gasteiger partial charge is 0.453 e. The van der Waals surface area contributed by atoms with Crippen LogP contribution in [0.3, 0.4) is 0 Å². The molecule has 1 aromatic heterocycles. The molecule has 0 unspecified atom stereocenters. The first-order valence-electron chi connectivity index (χ1n) is 5.67. The minimum atomic E-state index is -3.87. The Morgan fingerprint density at radius 2 is 1.86 bits per heavy atom. The Bertz CT molecular complexity index is 754. The van der Waals surface area contributed by atoms with Gasteiger partial charge in [0.1, 0.15) is 10.7 Å². The molecule has 2 aromatic rings. The van der Waals surface area contributed by atoms with Gasteiger partial charge in [0.15, 0.2) is 4.67 Å². The van der Waals surface area contributed by atoms with E-state index in [0.29, 0.717) is 16.1 Å². The standard InChI is InChI=1S/C12H11BrCl2N2O3S/c1-17(6-8-2-3-11(13)20-8)21(18,19)12-9(14)4-7(16)5-10(12)15/h2-5H,6,16H2,1H3. The summed E-state index contributed by atoms with van der Waals surface area (Å²) >= 11 is 15.1. The molecule has 0 saturated heterocycles. The molecule has 0 bridgehead atoms. The third-order valence-electron chi connectivity index (χ3n) is 2.70. The molecule has 0 aliphatic carbocycles. The van der Waals surface area contributed by atoms with E-state index in [1.165, 1.54) is 19.2 Å². The second-order valence-corrected chi connectivity index (χ2v) is 7.86. The van der Waals surface area contributed by atoms with Crippen LogP contribution in [-0.2, 0) is 16.6 Å². The minimum Gasteiger partial charge on any atom is -0.453 e. The second-order valence-electron chi connectivity index (χ2n) is 4.28. The summed E-state index contributed by atoms with van der Waals surface area (Å²) in [7, 11) is -2.46. The van der Waals surface area contributed by atoms with Crippen molar-refractivity contribution in [1.29, 1.82) is 0 Å². The lowest BCUT2D eigenvalue weighted by Crippen LogP contribution is -2.27. The average molecular weight is 414 g/mol.